The summed E-state index contributed by atoms with van der Waals surface area (Å²) in [6.07, 6.45) is 1.14. The fourth-order valence-electron chi connectivity index (χ4n) is 2.03. The van der Waals surface area contributed by atoms with Crippen molar-refractivity contribution >= 4 is 17.3 Å². The Hall–Kier alpha value is -0.730. The van der Waals surface area contributed by atoms with Crippen LogP contribution in [-0.2, 0) is 0 Å². The van der Waals surface area contributed by atoms with Crippen LogP contribution in [0.3, 0.4) is 0 Å². The van der Waals surface area contributed by atoms with Crippen LogP contribution in [-0.4, -0.2) is 25.5 Å². The molecule has 0 saturated carbocycles. The third kappa shape index (κ3) is 1.60. The highest BCUT2D eigenvalue weighted by Crippen LogP contribution is 2.36. The molecule has 1 aliphatic heterocycles. The van der Waals surface area contributed by atoms with Gasteiger partial charge in [0.25, 0.3) is 0 Å². The first kappa shape index (κ1) is 9.81. The minimum atomic E-state index is 0.491. The van der Waals surface area contributed by atoms with Crippen LogP contribution in [0.2, 0.25) is 5.02 Å². The molecule has 0 saturated heterocycles. The molecule has 1 atom stereocenters. The predicted octanol–water partition coefficient (Wildman–Crippen LogP) is 2.76. The van der Waals surface area contributed by atoms with Crippen molar-refractivity contribution in [1.29, 1.82) is 0 Å². The Kier molecular flexibility index (Phi) is 2.66. The molecule has 2 nitrogen and oxygen atoms in total. The van der Waals surface area contributed by atoms with E-state index in [2.05, 4.69) is 30.4 Å². The van der Waals surface area contributed by atoms with E-state index in [0.29, 0.717) is 6.04 Å². The first-order valence-electron chi connectivity index (χ1n) is 4.89. The van der Waals surface area contributed by atoms with Crippen molar-refractivity contribution in [1.82, 2.24) is 4.90 Å². The van der Waals surface area contributed by atoms with Gasteiger partial charge in [-0.05, 0) is 32.1 Å². The van der Waals surface area contributed by atoms with Gasteiger partial charge in [-0.25, -0.2) is 0 Å². The first-order valence-corrected chi connectivity index (χ1v) is 5.26. The van der Waals surface area contributed by atoms with E-state index in [1.165, 1.54) is 5.56 Å². The molecule has 1 aromatic rings. The molecule has 14 heavy (non-hydrogen) atoms. The standard InChI is InChI=1S/C11H15ClN2/c1-14(2)10-6-7-13-11-8(10)4-3-5-9(11)12/h3-5,10,13H,6-7H2,1-2H3. The van der Waals surface area contributed by atoms with Crippen LogP contribution < -0.4 is 5.32 Å². The van der Waals surface area contributed by atoms with Gasteiger partial charge in [-0.1, -0.05) is 23.7 Å². The molecular weight excluding hydrogens is 196 g/mol. The molecule has 1 heterocycles. The van der Waals surface area contributed by atoms with E-state index in [4.69, 9.17) is 11.6 Å². The van der Waals surface area contributed by atoms with E-state index in [-0.39, 0.29) is 0 Å². The van der Waals surface area contributed by atoms with Crippen LogP contribution in [0.4, 0.5) is 5.69 Å². The van der Waals surface area contributed by atoms with E-state index in [1.807, 2.05) is 12.1 Å². The van der Waals surface area contributed by atoms with Gasteiger partial charge in [-0.15, -0.1) is 0 Å². The van der Waals surface area contributed by atoms with Gasteiger partial charge in [0.1, 0.15) is 0 Å². The minimum absolute atomic E-state index is 0.491. The van der Waals surface area contributed by atoms with Gasteiger partial charge in [0, 0.05) is 12.6 Å². The maximum Gasteiger partial charge on any atom is 0.0640 e. The molecule has 1 N–H and O–H groups in total. The predicted molar refractivity (Wildman–Crippen MR) is 61.0 cm³/mol. The SMILES string of the molecule is CN(C)C1CCNc2c(Cl)cccc21. The van der Waals surface area contributed by atoms with E-state index in [0.717, 1.165) is 23.7 Å². The molecule has 76 valence electrons. The van der Waals surface area contributed by atoms with Gasteiger partial charge in [0.15, 0.2) is 0 Å². The van der Waals surface area contributed by atoms with Gasteiger partial charge >= 0.3 is 0 Å². The third-order valence-electron chi connectivity index (χ3n) is 2.75. The zero-order valence-electron chi connectivity index (χ0n) is 8.55. The van der Waals surface area contributed by atoms with Gasteiger partial charge in [0.05, 0.1) is 10.7 Å². The molecule has 0 aliphatic carbocycles. The number of nitrogens with one attached hydrogen (secondary N) is 1. The van der Waals surface area contributed by atoms with E-state index < -0.39 is 0 Å². The fourth-order valence-corrected chi connectivity index (χ4v) is 2.28. The van der Waals surface area contributed by atoms with Crippen LogP contribution in [0.25, 0.3) is 0 Å². The lowest BCUT2D eigenvalue weighted by molar-refractivity contribution is 0.285. The molecule has 0 bridgehead atoms. The Labute approximate surface area is 89.9 Å². The number of halogens is 1. The van der Waals surface area contributed by atoms with Crippen molar-refractivity contribution in [3.05, 3.63) is 28.8 Å². The molecule has 0 spiro atoms. The minimum Gasteiger partial charge on any atom is -0.383 e. The number of anilines is 1. The average molecular weight is 211 g/mol. The maximum absolute atomic E-state index is 6.13. The summed E-state index contributed by atoms with van der Waals surface area (Å²) in [6, 6.07) is 6.60. The summed E-state index contributed by atoms with van der Waals surface area (Å²) >= 11 is 6.13. The Bertz CT molecular complexity index is 336. The maximum atomic E-state index is 6.13. The highest BCUT2D eigenvalue weighted by atomic mass is 35.5. The highest BCUT2D eigenvalue weighted by molar-refractivity contribution is 6.33. The average Bonchev–Trinajstić information content (AvgIpc) is 2.17. The smallest absolute Gasteiger partial charge is 0.0640 e. The molecule has 0 fully saturated rings. The molecule has 0 amide bonds. The second-order valence-electron chi connectivity index (χ2n) is 3.90. The van der Waals surface area contributed by atoms with Crippen molar-refractivity contribution in [3.8, 4) is 0 Å². The molecule has 2 rings (SSSR count). The van der Waals surface area contributed by atoms with Gasteiger partial charge in [-0.3, -0.25) is 0 Å². The lowest BCUT2D eigenvalue weighted by Gasteiger charge is -2.31. The van der Waals surface area contributed by atoms with E-state index in [1.54, 1.807) is 0 Å². The monoisotopic (exact) mass is 210 g/mol. The number of nitrogens with zero attached hydrogens (tertiary/aromatic N) is 1. The quantitative estimate of drug-likeness (QED) is 0.767. The highest BCUT2D eigenvalue weighted by Gasteiger charge is 2.22. The van der Waals surface area contributed by atoms with E-state index in [9.17, 15) is 0 Å². The van der Waals surface area contributed by atoms with Crippen LogP contribution in [0.1, 0.15) is 18.0 Å². The molecule has 1 aliphatic rings. The molecule has 0 aromatic heterocycles. The zero-order chi connectivity index (χ0) is 10.1. The van der Waals surface area contributed by atoms with E-state index >= 15 is 0 Å². The van der Waals surface area contributed by atoms with Crippen LogP contribution in [0.15, 0.2) is 18.2 Å². The lowest BCUT2D eigenvalue weighted by atomic mass is 9.97. The summed E-state index contributed by atoms with van der Waals surface area (Å²) in [4.78, 5) is 2.25. The second kappa shape index (κ2) is 3.79. The number of hydrogen-bond donors (Lipinski definition) is 1. The van der Waals surface area contributed by atoms with Gasteiger partial charge < -0.3 is 10.2 Å². The summed E-state index contributed by atoms with van der Waals surface area (Å²) in [5.41, 5.74) is 2.42. The van der Waals surface area contributed by atoms with Crippen molar-refractivity contribution in [3.63, 3.8) is 0 Å². The van der Waals surface area contributed by atoms with Crippen molar-refractivity contribution in [2.45, 2.75) is 12.5 Å². The third-order valence-corrected chi connectivity index (χ3v) is 3.06. The number of benzene rings is 1. The van der Waals surface area contributed by atoms with Gasteiger partial charge in [0.2, 0.25) is 0 Å². The molecular formula is C11H15ClN2. The summed E-state index contributed by atoms with van der Waals surface area (Å²) < 4.78 is 0. The summed E-state index contributed by atoms with van der Waals surface area (Å²) in [5.74, 6) is 0. The van der Waals surface area contributed by atoms with Crippen molar-refractivity contribution in [2.75, 3.05) is 26.0 Å². The molecule has 0 radical (unpaired) electrons. The van der Waals surface area contributed by atoms with Crippen LogP contribution in [0, 0.1) is 0 Å². The topological polar surface area (TPSA) is 15.3 Å². The Morgan fingerprint density at radius 2 is 2.21 bits per heavy atom. The number of fused-ring (bicyclic) bond motifs is 1. The van der Waals surface area contributed by atoms with Gasteiger partial charge in [-0.2, -0.15) is 0 Å². The molecule has 1 aromatic carbocycles. The number of para-hydroxylation sites is 1. The Balaban J connectivity index is 2.44. The lowest BCUT2D eigenvalue weighted by Crippen LogP contribution is -2.27. The van der Waals surface area contributed by atoms with Crippen molar-refractivity contribution < 1.29 is 0 Å². The van der Waals surface area contributed by atoms with Crippen LogP contribution >= 0.6 is 11.6 Å². The van der Waals surface area contributed by atoms with Crippen molar-refractivity contribution in [2.24, 2.45) is 0 Å². The summed E-state index contributed by atoms with van der Waals surface area (Å²) in [7, 11) is 4.22. The molecule has 1 unspecified atom stereocenters. The van der Waals surface area contributed by atoms with Crippen LogP contribution in [0.5, 0.6) is 0 Å². The molecule has 3 heteroatoms. The fraction of sp³-hybridized carbons (Fsp3) is 0.455. The number of hydrogen-bond acceptors (Lipinski definition) is 2. The Morgan fingerprint density at radius 3 is 2.93 bits per heavy atom. The normalized spacial score (nSPS) is 20.4. The summed E-state index contributed by atoms with van der Waals surface area (Å²) in [5, 5.41) is 4.18. The first-order chi connectivity index (χ1) is 6.70. The Morgan fingerprint density at radius 1 is 1.43 bits per heavy atom. The zero-order valence-corrected chi connectivity index (χ0v) is 9.30. The largest absolute Gasteiger partial charge is 0.383 e. The number of rotatable bonds is 1. The second-order valence-corrected chi connectivity index (χ2v) is 4.31. The summed E-state index contributed by atoms with van der Waals surface area (Å²) in [6.45, 7) is 1.000.